The van der Waals surface area contributed by atoms with E-state index in [1.807, 2.05) is 36.4 Å². The van der Waals surface area contributed by atoms with Gasteiger partial charge in [-0.25, -0.2) is 0 Å². The number of rotatable bonds is 1. The van der Waals surface area contributed by atoms with Crippen molar-refractivity contribution in [2.24, 2.45) is 11.7 Å². The summed E-state index contributed by atoms with van der Waals surface area (Å²) in [5.74, 6) is 8.00. The molecule has 0 atom stereocenters. The van der Waals surface area contributed by atoms with Gasteiger partial charge in [0, 0.05) is 5.56 Å². The summed E-state index contributed by atoms with van der Waals surface area (Å²) in [6, 6.07) is 29.1. The number of hydrogen-bond acceptors (Lipinski definition) is 3. The molecule has 0 spiro atoms. The quantitative estimate of drug-likeness (QED) is 0.205. The number of nitrogens with two attached hydrogens (primary N) is 2. The van der Waals surface area contributed by atoms with Crippen molar-refractivity contribution >= 4 is 28.4 Å². The van der Waals surface area contributed by atoms with E-state index >= 15 is 0 Å². The Bertz CT molecular complexity index is 651. The maximum absolute atomic E-state index is 10.4. The van der Waals surface area contributed by atoms with Crippen LogP contribution in [0.1, 0.15) is 15.9 Å². The number of benzene rings is 3. The molecule has 140 valence electrons. The van der Waals surface area contributed by atoms with Crippen LogP contribution < -0.4 is 41.2 Å². The number of carbonyl (C=O) groups excluding carboxylic acids is 1. The topological polar surface area (TPSA) is 101 Å². The summed E-state index contributed by atoms with van der Waals surface area (Å²) in [5, 5.41) is 0.262. The third-order valence-electron chi connectivity index (χ3n) is 2.61. The molecule has 7 heteroatoms. The Morgan fingerprint density at radius 3 is 1.52 bits per heavy atom. The molecule has 0 amide bonds. The minimum atomic E-state index is -0.407. The zero-order valence-electron chi connectivity index (χ0n) is 15.4. The smallest absolute Gasteiger partial charge is 0.412 e. The first-order chi connectivity index (χ1) is 12.1. The van der Waals surface area contributed by atoms with Crippen LogP contribution >= 0.6 is 23.2 Å². The second-order valence-corrected chi connectivity index (χ2v) is 5.26. The maximum Gasteiger partial charge on any atom is 1.00 e. The van der Waals surface area contributed by atoms with E-state index in [9.17, 15) is 4.79 Å². The van der Waals surface area contributed by atoms with E-state index < -0.39 is 5.24 Å². The summed E-state index contributed by atoms with van der Waals surface area (Å²) in [6.45, 7) is 2.08. The Labute approximate surface area is 193 Å². The summed E-state index contributed by atoms with van der Waals surface area (Å²) < 4.78 is 0. The summed E-state index contributed by atoms with van der Waals surface area (Å²) >= 11 is 10.6. The number of hydrogen-bond donors (Lipinski definition) is 2. The zero-order valence-corrected chi connectivity index (χ0v) is 18.9. The minimum absolute atomic E-state index is 0. The summed E-state index contributed by atoms with van der Waals surface area (Å²) in [7, 11) is 0. The number of hydrazine groups is 1. The van der Waals surface area contributed by atoms with Crippen molar-refractivity contribution in [2.45, 2.75) is 6.92 Å². The van der Waals surface area contributed by atoms with Crippen molar-refractivity contribution in [3.8, 4) is 0 Å². The van der Waals surface area contributed by atoms with Crippen molar-refractivity contribution in [3.05, 3.63) is 107 Å². The standard InChI is InChI=1S/C7H5ClO.C7H8.C6H4Cl.H4N2.Na.H2O/c8-7(9)6-4-2-1-3-5-6;1-7-5-3-2-4-6-7;7-6-4-2-1-3-5-6;1-2;;/h1-5H;2-6H,1H3;1-4H;1-2H2;;1H2/q;;-1;;+1;. The maximum atomic E-state index is 10.4. The second kappa shape index (κ2) is 21.1. The predicted molar refractivity (Wildman–Crippen MR) is 110 cm³/mol. The minimum Gasteiger partial charge on any atom is -0.412 e. The third kappa shape index (κ3) is 17.9. The van der Waals surface area contributed by atoms with Crippen molar-refractivity contribution in [1.29, 1.82) is 0 Å². The zero-order chi connectivity index (χ0) is 18.9. The molecule has 0 fully saturated rings. The van der Waals surface area contributed by atoms with Crippen LogP contribution in [0.2, 0.25) is 5.02 Å². The predicted octanol–water partition coefficient (Wildman–Crippen LogP) is 1.20. The number of halogens is 2. The molecule has 3 rings (SSSR count). The molecular formula is C20H23Cl2N2NaO2. The van der Waals surface area contributed by atoms with E-state index in [0.717, 1.165) is 0 Å². The molecule has 0 saturated heterocycles. The van der Waals surface area contributed by atoms with Crippen molar-refractivity contribution in [1.82, 2.24) is 0 Å². The van der Waals surface area contributed by atoms with Crippen LogP contribution in [0.15, 0.2) is 84.9 Å². The summed E-state index contributed by atoms with van der Waals surface area (Å²) in [6.07, 6.45) is 0. The van der Waals surface area contributed by atoms with Gasteiger partial charge in [-0.3, -0.25) is 16.5 Å². The van der Waals surface area contributed by atoms with Gasteiger partial charge < -0.3 is 5.48 Å². The fourth-order valence-corrected chi connectivity index (χ4v) is 1.74. The van der Waals surface area contributed by atoms with Gasteiger partial charge in [0.05, 0.1) is 0 Å². The van der Waals surface area contributed by atoms with Gasteiger partial charge in [-0.15, -0.1) is 11.6 Å². The molecule has 3 aromatic carbocycles. The molecule has 3 aromatic rings. The Hall–Kier alpha value is -1.21. The van der Waals surface area contributed by atoms with Gasteiger partial charge in [-0.2, -0.15) is 30.3 Å². The molecule has 0 aromatic heterocycles. The molecular weight excluding hydrogens is 394 g/mol. The normalized spacial score (nSPS) is 7.74. The average Bonchev–Trinajstić information content (AvgIpc) is 2.66. The van der Waals surface area contributed by atoms with Gasteiger partial charge in [0.15, 0.2) is 0 Å². The van der Waals surface area contributed by atoms with Crippen LogP contribution in [-0.4, -0.2) is 10.7 Å². The van der Waals surface area contributed by atoms with Crippen molar-refractivity contribution in [2.75, 3.05) is 0 Å². The molecule has 0 saturated carbocycles. The van der Waals surface area contributed by atoms with Crippen LogP contribution in [0.5, 0.6) is 0 Å². The van der Waals surface area contributed by atoms with E-state index in [1.54, 1.807) is 36.4 Å². The SMILES string of the molecule is Cc1ccccc1.Clc1[c-]cccc1.NN.O.O=C(Cl)c1ccccc1.[Na+]. The van der Waals surface area contributed by atoms with E-state index in [4.69, 9.17) is 23.2 Å². The van der Waals surface area contributed by atoms with Crippen LogP contribution in [0, 0.1) is 13.0 Å². The van der Waals surface area contributed by atoms with Gasteiger partial charge in [0.1, 0.15) is 0 Å². The summed E-state index contributed by atoms with van der Waals surface area (Å²) in [4.78, 5) is 10.4. The Morgan fingerprint density at radius 2 is 1.30 bits per heavy atom. The molecule has 6 N–H and O–H groups in total. The first kappa shape index (κ1) is 30.5. The van der Waals surface area contributed by atoms with Crippen molar-refractivity contribution in [3.63, 3.8) is 0 Å². The van der Waals surface area contributed by atoms with E-state index in [0.29, 0.717) is 10.6 Å². The monoisotopic (exact) mass is 416 g/mol. The Balaban J connectivity index is -0.000000298. The first-order valence-electron chi connectivity index (χ1n) is 7.31. The molecule has 0 aliphatic rings. The second-order valence-electron chi connectivity index (χ2n) is 4.50. The van der Waals surface area contributed by atoms with Gasteiger partial charge in [-0.05, 0) is 18.5 Å². The molecule has 0 aliphatic carbocycles. The molecule has 27 heavy (non-hydrogen) atoms. The molecule has 0 unspecified atom stereocenters. The number of carbonyl (C=O) groups is 1. The fraction of sp³-hybridized carbons (Fsp3) is 0.0500. The molecule has 0 bridgehead atoms. The van der Waals surface area contributed by atoms with Crippen LogP contribution in [0.25, 0.3) is 0 Å². The first-order valence-corrected chi connectivity index (χ1v) is 8.07. The van der Waals surface area contributed by atoms with Gasteiger partial charge in [0.25, 0.3) is 5.24 Å². The molecule has 4 nitrogen and oxygen atoms in total. The fourth-order valence-electron chi connectivity index (χ4n) is 1.47. The molecule has 0 radical (unpaired) electrons. The van der Waals surface area contributed by atoms with Crippen LogP contribution in [0.4, 0.5) is 0 Å². The van der Waals surface area contributed by atoms with Gasteiger partial charge in [0.2, 0.25) is 0 Å². The van der Waals surface area contributed by atoms with E-state index in [-0.39, 0.29) is 35.0 Å². The van der Waals surface area contributed by atoms with Crippen LogP contribution in [-0.2, 0) is 0 Å². The largest absolute Gasteiger partial charge is 1.00 e. The van der Waals surface area contributed by atoms with Gasteiger partial charge in [-0.1, -0.05) is 71.2 Å². The molecule has 0 aliphatic heterocycles. The van der Waals surface area contributed by atoms with E-state index in [2.05, 4.69) is 36.8 Å². The van der Waals surface area contributed by atoms with Crippen LogP contribution in [0.3, 0.4) is 0 Å². The molecule has 0 heterocycles. The third-order valence-corrected chi connectivity index (χ3v) is 3.07. The van der Waals surface area contributed by atoms with Gasteiger partial charge >= 0.3 is 29.6 Å². The van der Waals surface area contributed by atoms with Crippen molar-refractivity contribution < 1.29 is 39.8 Å². The Morgan fingerprint density at radius 1 is 0.852 bits per heavy atom. The Kier molecular flexibility index (Phi) is 23.8. The summed E-state index contributed by atoms with van der Waals surface area (Å²) in [5.41, 5.74) is 1.86. The number of aryl methyl sites for hydroxylation is 1. The van der Waals surface area contributed by atoms with E-state index in [1.165, 1.54) is 5.56 Å². The average molecular weight is 417 g/mol.